The molecule has 1 heterocycles. The van der Waals surface area contributed by atoms with Gasteiger partial charge < -0.3 is 15.3 Å². The third-order valence-corrected chi connectivity index (χ3v) is 3.18. The number of aliphatic hydroxyl groups is 2. The number of likely N-dealkylation sites (tertiary alicyclic amines) is 1. The Hall–Kier alpha value is -0.650. The van der Waals surface area contributed by atoms with Crippen LogP contribution >= 0.6 is 0 Å². The number of carbonyl (C=O) groups is 1. The summed E-state index contributed by atoms with van der Waals surface area (Å²) in [5.74, 6) is -1.19. The van der Waals surface area contributed by atoms with Crippen LogP contribution in [0.1, 0.15) is 32.6 Å². The number of β-amino-alcohol motifs (C(OH)–C–C–N with tert-alkyl or cyclic N) is 1. The molecule has 1 aliphatic rings. The second-order valence-corrected chi connectivity index (χ2v) is 4.71. The van der Waals surface area contributed by atoms with E-state index < -0.39 is 11.6 Å². The van der Waals surface area contributed by atoms with Crippen molar-refractivity contribution in [1.82, 2.24) is 4.90 Å². The number of carboxylic acid groups (broad SMARTS) is 1. The summed E-state index contributed by atoms with van der Waals surface area (Å²) in [6.07, 6.45) is 3.75. The highest BCUT2D eigenvalue weighted by Gasteiger charge is 2.35. The van der Waals surface area contributed by atoms with E-state index in [2.05, 4.69) is 0 Å². The first kappa shape index (κ1) is 13.4. The zero-order chi connectivity index (χ0) is 12.2. The van der Waals surface area contributed by atoms with Crippen molar-refractivity contribution in [1.29, 1.82) is 0 Å². The lowest BCUT2D eigenvalue weighted by Crippen LogP contribution is -2.51. The summed E-state index contributed by atoms with van der Waals surface area (Å²) < 4.78 is 0. The van der Waals surface area contributed by atoms with E-state index in [1.807, 2.05) is 4.90 Å². The second-order valence-electron chi connectivity index (χ2n) is 4.71. The second kappa shape index (κ2) is 5.61. The van der Waals surface area contributed by atoms with Crippen LogP contribution in [0.4, 0.5) is 0 Å². The molecule has 5 nitrogen and oxygen atoms in total. The van der Waals surface area contributed by atoms with E-state index in [0.29, 0.717) is 6.42 Å². The van der Waals surface area contributed by atoms with Gasteiger partial charge in [0.1, 0.15) is 0 Å². The van der Waals surface area contributed by atoms with E-state index in [9.17, 15) is 9.90 Å². The molecule has 0 saturated carbocycles. The number of rotatable bonds is 5. The molecule has 1 aliphatic heterocycles. The number of aliphatic carboxylic acids is 1. The van der Waals surface area contributed by atoms with Gasteiger partial charge in [-0.15, -0.1) is 0 Å². The summed E-state index contributed by atoms with van der Waals surface area (Å²) in [6, 6.07) is 0.199. The van der Waals surface area contributed by atoms with Crippen molar-refractivity contribution in [2.75, 3.05) is 19.7 Å². The molecule has 2 unspecified atom stereocenters. The van der Waals surface area contributed by atoms with Gasteiger partial charge in [0.2, 0.25) is 0 Å². The maximum Gasteiger partial charge on any atom is 0.336 e. The first-order valence-electron chi connectivity index (χ1n) is 5.78. The minimum Gasteiger partial charge on any atom is -0.479 e. The maximum absolute atomic E-state index is 10.8. The van der Waals surface area contributed by atoms with Crippen LogP contribution in [-0.2, 0) is 4.79 Å². The first-order valence-corrected chi connectivity index (χ1v) is 5.78. The standard InChI is InChI=1S/C11H21NO4/c1-11(16,10(14)15)8-12-6-3-2-4-9(12)5-7-13/h9,13,16H,2-8H2,1H3,(H,14,15). The topological polar surface area (TPSA) is 81.0 Å². The summed E-state index contributed by atoms with van der Waals surface area (Å²) in [4.78, 5) is 12.8. The molecule has 1 saturated heterocycles. The number of carboxylic acids is 1. The van der Waals surface area contributed by atoms with Gasteiger partial charge in [-0.3, -0.25) is 4.90 Å². The molecule has 2 atom stereocenters. The van der Waals surface area contributed by atoms with E-state index in [0.717, 1.165) is 25.8 Å². The smallest absolute Gasteiger partial charge is 0.336 e. The van der Waals surface area contributed by atoms with Crippen molar-refractivity contribution >= 4 is 5.97 Å². The van der Waals surface area contributed by atoms with Crippen molar-refractivity contribution in [3.63, 3.8) is 0 Å². The Morgan fingerprint density at radius 3 is 2.75 bits per heavy atom. The van der Waals surface area contributed by atoms with Crippen LogP contribution in [0.25, 0.3) is 0 Å². The summed E-state index contributed by atoms with van der Waals surface area (Å²) in [5, 5.41) is 27.5. The molecule has 1 rings (SSSR count). The molecule has 0 aliphatic carbocycles. The normalized spacial score (nSPS) is 26.3. The van der Waals surface area contributed by atoms with Crippen LogP contribution in [0.2, 0.25) is 0 Å². The number of nitrogens with zero attached hydrogens (tertiary/aromatic N) is 1. The number of hydrogen-bond donors (Lipinski definition) is 3. The largest absolute Gasteiger partial charge is 0.479 e. The molecule has 0 radical (unpaired) electrons. The summed E-state index contributed by atoms with van der Waals surface area (Å²) in [7, 11) is 0. The molecule has 94 valence electrons. The molecule has 3 N–H and O–H groups in total. The molecular formula is C11H21NO4. The van der Waals surface area contributed by atoms with Gasteiger partial charge in [0, 0.05) is 19.2 Å². The van der Waals surface area contributed by atoms with Crippen LogP contribution in [0, 0.1) is 0 Å². The minimum absolute atomic E-state index is 0.108. The zero-order valence-corrected chi connectivity index (χ0v) is 9.72. The fourth-order valence-corrected chi connectivity index (χ4v) is 2.21. The molecule has 5 heteroatoms. The van der Waals surface area contributed by atoms with Crippen molar-refractivity contribution in [2.45, 2.75) is 44.2 Å². The van der Waals surface area contributed by atoms with Gasteiger partial charge in [-0.1, -0.05) is 6.42 Å². The van der Waals surface area contributed by atoms with E-state index in [1.54, 1.807) is 0 Å². The molecule has 16 heavy (non-hydrogen) atoms. The highest BCUT2D eigenvalue weighted by molar-refractivity contribution is 5.76. The lowest BCUT2D eigenvalue weighted by Gasteiger charge is -2.38. The van der Waals surface area contributed by atoms with Gasteiger partial charge in [-0.25, -0.2) is 4.79 Å². The maximum atomic E-state index is 10.8. The summed E-state index contributed by atoms with van der Waals surface area (Å²) >= 11 is 0. The average molecular weight is 231 g/mol. The molecule has 0 spiro atoms. The Labute approximate surface area is 95.7 Å². The van der Waals surface area contributed by atoms with Gasteiger partial charge in [0.15, 0.2) is 5.60 Å². The van der Waals surface area contributed by atoms with Gasteiger partial charge in [0.25, 0.3) is 0 Å². The number of hydrogen-bond acceptors (Lipinski definition) is 4. The predicted octanol–water partition coefficient (Wildman–Crippen LogP) is 0.0589. The average Bonchev–Trinajstić information content (AvgIpc) is 2.20. The Morgan fingerprint density at radius 1 is 1.50 bits per heavy atom. The monoisotopic (exact) mass is 231 g/mol. The van der Waals surface area contributed by atoms with Gasteiger partial charge in [0.05, 0.1) is 0 Å². The number of piperidine rings is 1. The summed E-state index contributed by atoms with van der Waals surface area (Å²) in [6.45, 7) is 2.36. The molecule has 0 aromatic rings. The molecule has 0 bridgehead atoms. The van der Waals surface area contributed by atoms with Crippen molar-refractivity contribution in [3.8, 4) is 0 Å². The van der Waals surface area contributed by atoms with Crippen molar-refractivity contribution in [3.05, 3.63) is 0 Å². The third kappa shape index (κ3) is 3.43. The molecule has 1 fully saturated rings. The van der Waals surface area contributed by atoms with Gasteiger partial charge >= 0.3 is 5.97 Å². The van der Waals surface area contributed by atoms with E-state index in [4.69, 9.17) is 10.2 Å². The van der Waals surface area contributed by atoms with E-state index in [1.165, 1.54) is 6.92 Å². The van der Waals surface area contributed by atoms with Crippen LogP contribution < -0.4 is 0 Å². The highest BCUT2D eigenvalue weighted by Crippen LogP contribution is 2.21. The quantitative estimate of drug-likeness (QED) is 0.623. The van der Waals surface area contributed by atoms with E-state index >= 15 is 0 Å². The Morgan fingerprint density at radius 2 is 2.19 bits per heavy atom. The van der Waals surface area contributed by atoms with Crippen LogP contribution in [0.5, 0.6) is 0 Å². The van der Waals surface area contributed by atoms with Crippen molar-refractivity contribution < 1.29 is 20.1 Å². The lowest BCUT2D eigenvalue weighted by molar-refractivity contribution is -0.159. The van der Waals surface area contributed by atoms with Crippen LogP contribution in [-0.4, -0.2) is 57.5 Å². The molecule has 0 amide bonds. The minimum atomic E-state index is -1.70. The summed E-state index contributed by atoms with van der Waals surface area (Å²) in [5.41, 5.74) is -1.70. The van der Waals surface area contributed by atoms with Crippen LogP contribution in [0.3, 0.4) is 0 Å². The van der Waals surface area contributed by atoms with Crippen LogP contribution in [0.15, 0.2) is 0 Å². The SMILES string of the molecule is CC(O)(CN1CCCCC1CCO)C(=O)O. The highest BCUT2D eigenvalue weighted by atomic mass is 16.4. The number of aliphatic hydroxyl groups excluding tert-OH is 1. The van der Waals surface area contributed by atoms with Gasteiger partial charge in [-0.2, -0.15) is 0 Å². The fraction of sp³-hybridized carbons (Fsp3) is 0.909. The molecule has 0 aromatic heterocycles. The van der Waals surface area contributed by atoms with Crippen molar-refractivity contribution in [2.24, 2.45) is 0 Å². The Balaban J connectivity index is 2.58. The first-order chi connectivity index (χ1) is 7.47. The fourth-order valence-electron chi connectivity index (χ4n) is 2.21. The van der Waals surface area contributed by atoms with E-state index in [-0.39, 0.29) is 19.2 Å². The molecular weight excluding hydrogens is 210 g/mol. The Bertz CT molecular complexity index is 240. The third-order valence-electron chi connectivity index (χ3n) is 3.18. The molecule has 0 aromatic carbocycles. The Kier molecular flexibility index (Phi) is 4.70. The lowest BCUT2D eigenvalue weighted by atomic mass is 9.96. The van der Waals surface area contributed by atoms with Gasteiger partial charge in [-0.05, 0) is 32.7 Å². The zero-order valence-electron chi connectivity index (χ0n) is 9.72. The predicted molar refractivity (Wildman–Crippen MR) is 59.2 cm³/mol.